The Morgan fingerprint density at radius 3 is 2.90 bits per heavy atom. The van der Waals surface area contributed by atoms with Crippen molar-refractivity contribution in [3.05, 3.63) is 24.2 Å². The summed E-state index contributed by atoms with van der Waals surface area (Å²) >= 11 is 1.51. The monoisotopic (exact) mass is 297 g/mol. The van der Waals surface area contributed by atoms with Crippen molar-refractivity contribution in [2.24, 2.45) is 0 Å². The maximum Gasteiger partial charge on any atom is 0.308 e. The second kappa shape index (κ2) is 5.91. The molecule has 1 amide bonds. The summed E-state index contributed by atoms with van der Waals surface area (Å²) in [4.78, 5) is 25.3. The fraction of sp³-hybridized carbons (Fsp3) is 0.571. The summed E-state index contributed by atoms with van der Waals surface area (Å²) in [5.41, 5.74) is -0.499. The summed E-state index contributed by atoms with van der Waals surface area (Å²) in [5, 5.41) is -0.139. The maximum absolute atomic E-state index is 11.9. The Bertz CT molecular complexity index is 478. The third-order valence-corrected chi connectivity index (χ3v) is 3.95. The SMILES string of the molecule is CC(C)(C)OC(=O)CCN1C(=O)CSC1c1ccco1. The minimum atomic E-state index is -0.499. The van der Waals surface area contributed by atoms with Gasteiger partial charge in [-0.15, -0.1) is 11.8 Å². The third-order valence-electron chi connectivity index (χ3n) is 2.73. The second-order valence-corrected chi connectivity index (χ2v) is 6.67. The van der Waals surface area contributed by atoms with E-state index in [2.05, 4.69) is 0 Å². The molecule has 20 heavy (non-hydrogen) atoms. The Hall–Kier alpha value is -1.43. The molecule has 1 unspecified atom stereocenters. The average molecular weight is 297 g/mol. The molecule has 0 saturated carbocycles. The van der Waals surface area contributed by atoms with Crippen LogP contribution in [-0.2, 0) is 14.3 Å². The van der Waals surface area contributed by atoms with Crippen LogP contribution in [0.1, 0.15) is 38.3 Å². The lowest BCUT2D eigenvalue weighted by Gasteiger charge is -2.23. The molecule has 6 heteroatoms. The van der Waals surface area contributed by atoms with Gasteiger partial charge in [0.05, 0.1) is 18.4 Å². The first kappa shape index (κ1) is 15.0. The molecular formula is C14H19NO4S. The zero-order chi connectivity index (χ0) is 14.8. The van der Waals surface area contributed by atoms with Gasteiger partial charge in [0.2, 0.25) is 5.91 Å². The summed E-state index contributed by atoms with van der Waals surface area (Å²) in [6, 6.07) is 3.64. The Morgan fingerprint density at radius 2 is 2.30 bits per heavy atom. The first-order valence-electron chi connectivity index (χ1n) is 6.53. The van der Waals surface area contributed by atoms with E-state index in [0.29, 0.717) is 12.3 Å². The Labute approximate surface area is 122 Å². The summed E-state index contributed by atoms with van der Waals surface area (Å²) < 4.78 is 10.6. The van der Waals surface area contributed by atoms with E-state index in [0.717, 1.165) is 5.76 Å². The number of carbonyl (C=O) groups is 2. The lowest BCUT2D eigenvalue weighted by Crippen LogP contribution is -2.32. The standard InChI is InChI=1S/C14H19NO4S/c1-14(2,3)19-12(17)6-7-15-11(16)9-20-13(15)10-5-4-8-18-10/h4-5,8,13H,6-7,9H2,1-3H3. The summed E-state index contributed by atoms with van der Waals surface area (Å²) in [6.07, 6.45) is 1.78. The van der Waals surface area contributed by atoms with E-state index in [1.54, 1.807) is 17.2 Å². The molecule has 1 aromatic heterocycles. The first-order valence-corrected chi connectivity index (χ1v) is 7.58. The molecule has 5 nitrogen and oxygen atoms in total. The molecule has 110 valence electrons. The van der Waals surface area contributed by atoms with Gasteiger partial charge in [0.15, 0.2) is 0 Å². The highest BCUT2D eigenvalue weighted by atomic mass is 32.2. The predicted octanol–water partition coefficient (Wildman–Crippen LogP) is 2.59. The molecule has 1 aromatic rings. The first-order chi connectivity index (χ1) is 9.37. The van der Waals surface area contributed by atoms with E-state index in [1.807, 2.05) is 26.8 Å². The van der Waals surface area contributed by atoms with E-state index in [1.165, 1.54) is 11.8 Å². The van der Waals surface area contributed by atoms with Crippen molar-refractivity contribution in [1.82, 2.24) is 4.90 Å². The van der Waals surface area contributed by atoms with Gasteiger partial charge < -0.3 is 14.1 Å². The minimum Gasteiger partial charge on any atom is -0.466 e. The molecule has 1 saturated heterocycles. The van der Waals surface area contributed by atoms with E-state index in [4.69, 9.17) is 9.15 Å². The molecule has 0 aliphatic carbocycles. The van der Waals surface area contributed by atoms with Crippen LogP contribution in [0.4, 0.5) is 0 Å². The van der Waals surface area contributed by atoms with Gasteiger partial charge in [-0.2, -0.15) is 0 Å². The average Bonchev–Trinajstić information content (AvgIpc) is 2.93. The molecule has 1 fully saturated rings. The number of nitrogens with zero attached hydrogens (tertiary/aromatic N) is 1. The third kappa shape index (κ3) is 3.79. The zero-order valence-corrected chi connectivity index (χ0v) is 12.7. The quantitative estimate of drug-likeness (QED) is 0.799. The molecule has 1 aliphatic heterocycles. The second-order valence-electron chi connectivity index (χ2n) is 5.60. The molecular weight excluding hydrogens is 278 g/mol. The van der Waals surface area contributed by atoms with Gasteiger partial charge in [0, 0.05) is 6.54 Å². The normalized spacial score (nSPS) is 19.4. The molecule has 1 atom stereocenters. The van der Waals surface area contributed by atoms with Crippen molar-refractivity contribution in [3.63, 3.8) is 0 Å². The summed E-state index contributed by atoms with van der Waals surface area (Å²) in [7, 11) is 0. The van der Waals surface area contributed by atoms with Crippen LogP contribution < -0.4 is 0 Å². The number of esters is 1. The van der Waals surface area contributed by atoms with Crippen LogP contribution in [0.3, 0.4) is 0 Å². The van der Waals surface area contributed by atoms with Crippen molar-refractivity contribution in [2.45, 2.75) is 38.2 Å². The molecule has 2 heterocycles. The summed E-state index contributed by atoms with van der Waals surface area (Å²) in [5.74, 6) is 0.894. The number of amides is 1. The number of hydrogen-bond donors (Lipinski definition) is 0. The fourth-order valence-electron chi connectivity index (χ4n) is 1.97. The van der Waals surface area contributed by atoms with Crippen molar-refractivity contribution >= 4 is 23.6 Å². The van der Waals surface area contributed by atoms with Crippen molar-refractivity contribution in [2.75, 3.05) is 12.3 Å². The van der Waals surface area contributed by atoms with Gasteiger partial charge in [-0.1, -0.05) is 0 Å². The highest BCUT2D eigenvalue weighted by molar-refractivity contribution is 8.00. The van der Waals surface area contributed by atoms with Crippen LogP contribution >= 0.6 is 11.8 Å². The van der Waals surface area contributed by atoms with E-state index in [-0.39, 0.29) is 23.7 Å². The van der Waals surface area contributed by atoms with Crippen molar-refractivity contribution in [1.29, 1.82) is 0 Å². The largest absolute Gasteiger partial charge is 0.466 e. The molecule has 0 N–H and O–H groups in total. The Balaban J connectivity index is 1.93. The van der Waals surface area contributed by atoms with E-state index < -0.39 is 5.60 Å². The number of thioether (sulfide) groups is 1. The van der Waals surface area contributed by atoms with Crippen LogP contribution in [0.25, 0.3) is 0 Å². The maximum atomic E-state index is 11.9. The predicted molar refractivity (Wildman–Crippen MR) is 76.1 cm³/mol. The lowest BCUT2D eigenvalue weighted by atomic mass is 10.2. The van der Waals surface area contributed by atoms with Gasteiger partial charge in [-0.25, -0.2) is 0 Å². The highest BCUT2D eigenvalue weighted by Crippen LogP contribution is 2.38. The van der Waals surface area contributed by atoms with Crippen LogP contribution in [-0.4, -0.2) is 34.7 Å². The van der Waals surface area contributed by atoms with Gasteiger partial charge in [-0.05, 0) is 32.9 Å². The molecule has 2 rings (SSSR count). The number of hydrogen-bond acceptors (Lipinski definition) is 5. The molecule has 0 bridgehead atoms. The fourth-order valence-corrected chi connectivity index (χ4v) is 3.14. The summed E-state index contributed by atoms with van der Waals surface area (Å²) in [6.45, 7) is 5.83. The van der Waals surface area contributed by atoms with E-state index in [9.17, 15) is 9.59 Å². The molecule has 1 aliphatic rings. The Kier molecular flexibility index (Phi) is 4.42. The number of ether oxygens (including phenoxy) is 1. The van der Waals surface area contributed by atoms with Crippen molar-refractivity contribution in [3.8, 4) is 0 Å². The molecule has 0 spiro atoms. The topological polar surface area (TPSA) is 59.8 Å². The van der Waals surface area contributed by atoms with Crippen LogP contribution in [0.15, 0.2) is 22.8 Å². The zero-order valence-electron chi connectivity index (χ0n) is 11.9. The number of rotatable bonds is 4. The van der Waals surface area contributed by atoms with Gasteiger partial charge in [0.1, 0.15) is 16.7 Å². The van der Waals surface area contributed by atoms with Gasteiger partial charge in [-0.3, -0.25) is 9.59 Å². The van der Waals surface area contributed by atoms with Crippen molar-refractivity contribution < 1.29 is 18.7 Å². The van der Waals surface area contributed by atoms with E-state index >= 15 is 0 Å². The van der Waals surface area contributed by atoms with Crippen LogP contribution in [0.5, 0.6) is 0 Å². The number of furan rings is 1. The van der Waals surface area contributed by atoms with Crippen LogP contribution in [0, 0.1) is 0 Å². The lowest BCUT2D eigenvalue weighted by molar-refractivity contribution is -0.155. The molecule has 0 aromatic carbocycles. The highest BCUT2D eigenvalue weighted by Gasteiger charge is 2.34. The number of carbonyl (C=O) groups excluding carboxylic acids is 2. The van der Waals surface area contributed by atoms with Gasteiger partial charge >= 0.3 is 5.97 Å². The van der Waals surface area contributed by atoms with Crippen LogP contribution in [0.2, 0.25) is 0 Å². The minimum absolute atomic E-state index is 0.0277. The molecule has 0 radical (unpaired) electrons. The Morgan fingerprint density at radius 1 is 1.55 bits per heavy atom. The van der Waals surface area contributed by atoms with Gasteiger partial charge in [0.25, 0.3) is 0 Å². The smallest absolute Gasteiger partial charge is 0.308 e.